The van der Waals surface area contributed by atoms with Gasteiger partial charge in [-0.3, -0.25) is 0 Å². The Labute approximate surface area is 407 Å². The molecule has 0 saturated heterocycles. The topological polar surface area (TPSA) is 19.6 Å². The predicted molar refractivity (Wildman–Crippen MR) is 290 cm³/mol. The average molecular weight is 893 g/mol. The van der Waals surface area contributed by atoms with E-state index < -0.39 is 5.41 Å². The molecule has 1 spiro atoms. The third kappa shape index (κ3) is 6.01. The van der Waals surface area contributed by atoms with E-state index in [0.29, 0.717) is 0 Å². The predicted octanol–water partition coefficient (Wildman–Crippen LogP) is 18.2. The fourth-order valence-electron chi connectivity index (χ4n) is 11.7. The molecule has 1 aliphatic carbocycles. The van der Waals surface area contributed by atoms with Crippen LogP contribution in [0.1, 0.15) is 22.3 Å². The van der Waals surface area contributed by atoms with Crippen molar-refractivity contribution in [1.82, 2.24) is 0 Å². The highest BCUT2D eigenvalue weighted by atomic mass is 16.3. The lowest BCUT2D eigenvalue weighted by Crippen LogP contribution is -2.36. The van der Waals surface area contributed by atoms with Crippen molar-refractivity contribution in [3.05, 3.63) is 289 Å². The zero-order chi connectivity index (χ0) is 46.2. The van der Waals surface area contributed by atoms with E-state index in [1.165, 1.54) is 55.9 Å². The summed E-state index contributed by atoms with van der Waals surface area (Å²) in [4.78, 5) is 4.95. The van der Waals surface area contributed by atoms with Gasteiger partial charge in [0.15, 0.2) is 0 Å². The molecule has 0 radical (unpaired) electrons. The lowest BCUT2D eigenvalue weighted by atomic mass is 9.64. The summed E-state index contributed by atoms with van der Waals surface area (Å²) < 4.78 is 6.23. The first-order chi connectivity index (χ1) is 34.7. The standard InChI is InChI=1S/C67H44N2O/c1-3-18-45(19-4-1)46-34-36-48(37-35-46)52-22-8-13-29-60(52)68(51-41-38-47(39-42-51)49-40-43-65-55(44-49)53-23-9-16-33-64(53)70-65)63-32-17-28-59-66(63)54-24-7-10-25-56(54)67(59)57-26-11-14-30-61(57)69(50-20-5-2-6-21-50)62-31-15-12-27-58(62)67/h1-44H. The van der Waals surface area contributed by atoms with E-state index in [4.69, 9.17) is 4.42 Å². The fraction of sp³-hybridized carbons (Fsp3) is 0.0149. The Hall–Kier alpha value is -9.18. The molecule has 0 N–H and O–H groups in total. The molecule has 11 aromatic carbocycles. The van der Waals surface area contributed by atoms with Crippen LogP contribution in [0.5, 0.6) is 0 Å². The van der Waals surface area contributed by atoms with Gasteiger partial charge < -0.3 is 14.2 Å². The molecule has 12 aromatic rings. The molecule has 0 fully saturated rings. The van der Waals surface area contributed by atoms with Crippen LogP contribution >= 0.6 is 0 Å². The lowest BCUT2D eigenvalue weighted by molar-refractivity contribution is 0.669. The van der Waals surface area contributed by atoms with E-state index in [1.807, 2.05) is 12.1 Å². The maximum atomic E-state index is 6.23. The Balaban J connectivity index is 0.994. The quantitative estimate of drug-likeness (QED) is 0.159. The average Bonchev–Trinajstić information content (AvgIpc) is 3.96. The van der Waals surface area contributed by atoms with Crippen molar-refractivity contribution in [3.63, 3.8) is 0 Å². The molecular formula is C67H44N2O. The summed E-state index contributed by atoms with van der Waals surface area (Å²) in [5, 5.41) is 2.25. The number of rotatable bonds is 7. The van der Waals surface area contributed by atoms with E-state index in [0.717, 1.165) is 66.9 Å². The molecule has 328 valence electrons. The van der Waals surface area contributed by atoms with Crippen LogP contribution in [0.3, 0.4) is 0 Å². The normalized spacial score (nSPS) is 12.9. The molecule has 0 amide bonds. The van der Waals surface area contributed by atoms with Crippen LogP contribution in [0.2, 0.25) is 0 Å². The Morgan fingerprint density at radius 2 is 0.843 bits per heavy atom. The van der Waals surface area contributed by atoms with Crippen molar-refractivity contribution >= 4 is 56.1 Å². The van der Waals surface area contributed by atoms with E-state index in [-0.39, 0.29) is 0 Å². The number of furan rings is 1. The highest BCUT2D eigenvalue weighted by Gasteiger charge is 2.52. The second-order valence-corrected chi connectivity index (χ2v) is 18.4. The monoisotopic (exact) mass is 892 g/mol. The first kappa shape index (κ1) is 39.9. The smallest absolute Gasteiger partial charge is 0.135 e. The molecule has 0 unspecified atom stereocenters. The van der Waals surface area contributed by atoms with Crippen LogP contribution in [0.25, 0.3) is 66.4 Å². The van der Waals surface area contributed by atoms with Gasteiger partial charge in [-0.15, -0.1) is 0 Å². The highest BCUT2D eigenvalue weighted by molar-refractivity contribution is 6.07. The van der Waals surface area contributed by atoms with Gasteiger partial charge >= 0.3 is 0 Å². The van der Waals surface area contributed by atoms with Crippen LogP contribution < -0.4 is 9.80 Å². The number of hydrogen-bond acceptors (Lipinski definition) is 3. The minimum absolute atomic E-state index is 0.599. The lowest BCUT2D eigenvalue weighted by Gasteiger charge is -2.45. The van der Waals surface area contributed by atoms with Crippen LogP contribution in [0, 0.1) is 0 Å². The summed E-state index contributed by atoms with van der Waals surface area (Å²) in [5.74, 6) is 0. The first-order valence-corrected chi connectivity index (χ1v) is 24.1. The van der Waals surface area contributed by atoms with Crippen molar-refractivity contribution in [2.75, 3.05) is 9.80 Å². The molecule has 2 heterocycles. The van der Waals surface area contributed by atoms with Gasteiger partial charge in [0.25, 0.3) is 0 Å². The zero-order valence-electron chi connectivity index (χ0n) is 38.2. The number of para-hydroxylation sites is 5. The minimum atomic E-state index is -0.599. The van der Waals surface area contributed by atoms with Crippen molar-refractivity contribution in [2.24, 2.45) is 0 Å². The molecule has 3 nitrogen and oxygen atoms in total. The van der Waals surface area contributed by atoms with Crippen molar-refractivity contribution < 1.29 is 4.42 Å². The van der Waals surface area contributed by atoms with Gasteiger partial charge in [-0.25, -0.2) is 0 Å². The number of hydrogen-bond donors (Lipinski definition) is 0. The Morgan fingerprint density at radius 3 is 1.60 bits per heavy atom. The van der Waals surface area contributed by atoms with Gasteiger partial charge in [-0.05, 0) is 122 Å². The molecule has 14 rings (SSSR count). The molecular weight excluding hydrogens is 849 g/mol. The Morgan fingerprint density at radius 1 is 0.329 bits per heavy atom. The summed E-state index contributed by atoms with van der Waals surface area (Å²) in [5.41, 5.74) is 22.5. The molecule has 1 aliphatic heterocycles. The first-order valence-electron chi connectivity index (χ1n) is 24.1. The van der Waals surface area contributed by atoms with Crippen LogP contribution in [-0.4, -0.2) is 0 Å². The van der Waals surface area contributed by atoms with Gasteiger partial charge in [0.1, 0.15) is 11.2 Å². The number of fused-ring (bicyclic) bond motifs is 12. The zero-order valence-corrected chi connectivity index (χ0v) is 38.2. The van der Waals surface area contributed by atoms with E-state index >= 15 is 0 Å². The third-order valence-electron chi connectivity index (χ3n) is 14.7. The summed E-state index contributed by atoms with van der Waals surface area (Å²) >= 11 is 0. The van der Waals surface area contributed by atoms with Gasteiger partial charge in [0.05, 0.1) is 28.2 Å². The Kier molecular flexibility index (Phi) is 9.11. The second kappa shape index (κ2) is 16.0. The summed E-state index contributed by atoms with van der Waals surface area (Å²) in [6.45, 7) is 0. The van der Waals surface area contributed by atoms with Crippen molar-refractivity contribution in [1.29, 1.82) is 0 Å². The minimum Gasteiger partial charge on any atom is -0.456 e. The molecule has 0 bridgehead atoms. The maximum absolute atomic E-state index is 6.23. The SMILES string of the molecule is c1ccc(-c2ccc(-c3ccccc3N(c3ccc(-c4ccc5oc6ccccc6c5c4)cc3)c3cccc4c3-c3ccccc3C43c4ccccc4N(c4ccccc4)c4ccccc43)cc2)cc1. The summed E-state index contributed by atoms with van der Waals surface area (Å²) in [6, 6.07) is 97.5. The fourth-order valence-corrected chi connectivity index (χ4v) is 11.7. The van der Waals surface area contributed by atoms with Crippen LogP contribution in [0.15, 0.2) is 271 Å². The van der Waals surface area contributed by atoms with Gasteiger partial charge in [0.2, 0.25) is 0 Å². The Bertz CT molecular complexity index is 3900. The van der Waals surface area contributed by atoms with Gasteiger partial charge in [0, 0.05) is 33.3 Å². The summed E-state index contributed by atoms with van der Waals surface area (Å²) in [6.07, 6.45) is 0. The number of benzene rings is 11. The highest BCUT2D eigenvalue weighted by Crippen LogP contribution is 2.65. The van der Waals surface area contributed by atoms with E-state index in [1.54, 1.807) is 0 Å². The largest absolute Gasteiger partial charge is 0.456 e. The summed E-state index contributed by atoms with van der Waals surface area (Å²) in [7, 11) is 0. The van der Waals surface area contributed by atoms with E-state index in [9.17, 15) is 0 Å². The third-order valence-corrected chi connectivity index (χ3v) is 14.7. The molecule has 0 atom stereocenters. The van der Waals surface area contributed by atoms with Gasteiger partial charge in [-0.2, -0.15) is 0 Å². The van der Waals surface area contributed by atoms with Crippen molar-refractivity contribution in [3.8, 4) is 44.5 Å². The molecule has 70 heavy (non-hydrogen) atoms. The second-order valence-electron chi connectivity index (χ2n) is 18.4. The molecule has 2 aliphatic rings. The van der Waals surface area contributed by atoms with Gasteiger partial charge in [-0.1, -0.05) is 200 Å². The molecule has 3 heteroatoms. The molecule has 1 aromatic heterocycles. The van der Waals surface area contributed by atoms with Crippen LogP contribution in [0.4, 0.5) is 34.1 Å². The van der Waals surface area contributed by atoms with Crippen LogP contribution in [-0.2, 0) is 5.41 Å². The maximum Gasteiger partial charge on any atom is 0.135 e. The molecule has 0 saturated carbocycles. The number of nitrogens with zero attached hydrogens (tertiary/aromatic N) is 2. The van der Waals surface area contributed by atoms with Crippen molar-refractivity contribution in [2.45, 2.75) is 5.41 Å². The number of anilines is 6. The van der Waals surface area contributed by atoms with E-state index in [2.05, 4.69) is 265 Å².